The number of aromatic nitrogens is 2. The maximum absolute atomic E-state index is 11.9. The number of likely N-dealkylation sites (N-methyl/N-ethyl adjacent to an activating group) is 1. The maximum atomic E-state index is 11.9. The first-order valence-electron chi connectivity index (χ1n) is 8.32. The number of carbonyl (C=O) groups excluding carboxylic acids is 1. The van der Waals surface area contributed by atoms with Crippen LogP contribution in [0, 0.1) is 5.92 Å². The van der Waals surface area contributed by atoms with Gasteiger partial charge in [0.2, 0.25) is 5.91 Å². The highest BCUT2D eigenvalue weighted by molar-refractivity contribution is 14.0. The van der Waals surface area contributed by atoms with Crippen molar-refractivity contribution in [3.63, 3.8) is 0 Å². The lowest BCUT2D eigenvalue weighted by molar-refractivity contribution is -0.127. The zero-order valence-corrected chi connectivity index (χ0v) is 18.8. The molecule has 1 aromatic heterocycles. The van der Waals surface area contributed by atoms with Gasteiger partial charge in [-0.3, -0.25) is 4.79 Å². The predicted molar refractivity (Wildman–Crippen MR) is 113 cm³/mol. The number of rotatable bonds is 6. The molecule has 1 saturated heterocycles. The van der Waals surface area contributed by atoms with Gasteiger partial charge >= 0.3 is 0 Å². The summed E-state index contributed by atoms with van der Waals surface area (Å²) in [5, 5.41) is 3.94. The van der Waals surface area contributed by atoms with Crippen LogP contribution in [0.15, 0.2) is 11.2 Å². The van der Waals surface area contributed by atoms with E-state index in [0.29, 0.717) is 23.6 Å². The lowest BCUT2D eigenvalue weighted by atomic mass is 10.1. The zero-order valence-electron chi connectivity index (χ0n) is 15.7. The predicted octanol–water partition coefficient (Wildman–Crippen LogP) is 1.19. The Morgan fingerprint density at radius 2 is 2.23 bits per heavy atom. The molecule has 1 aliphatic rings. The lowest BCUT2D eigenvalue weighted by Crippen LogP contribution is -2.42. The van der Waals surface area contributed by atoms with Crippen molar-refractivity contribution in [3.05, 3.63) is 17.2 Å². The third kappa shape index (κ3) is 6.58. The summed E-state index contributed by atoms with van der Waals surface area (Å²) in [5.74, 6) is 1.91. The van der Waals surface area contributed by atoms with Gasteiger partial charge in [0, 0.05) is 47.3 Å². The summed E-state index contributed by atoms with van der Waals surface area (Å²) in [4.78, 5) is 24.1. The summed E-state index contributed by atoms with van der Waals surface area (Å²) >= 11 is 6.05. The number of nitrogens with zero attached hydrogens (tertiary/aromatic N) is 5. The number of nitrogens with one attached hydrogen (secondary N) is 1. The smallest absolute Gasteiger partial charge is 0.243 e. The SMILES string of the molecule is CN(C)C(=O)CN=C(NCC1CCOC1)N(C)Cc1ncc(Cl)n1C.I. The van der Waals surface area contributed by atoms with Crippen LogP contribution in [0.1, 0.15) is 12.2 Å². The third-order valence-corrected chi connectivity index (χ3v) is 4.55. The quantitative estimate of drug-likeness (QED) is 0.362. The van der Waals surface area contributed by atoms with Crippen molar-refractivity contribution in [2.75, 3.05) is 47.4 Å². The van der Waals surface area contributed by atoms with Crippen molar-refractivity contribution >= 4 is 47.4 Å². The average Bonchev–Trinajstić information content (AvgIpc) is 3.20. The van der Waals surface area contributed by atoms with Crippen LogP contribution in [0.25, 0.3) is 0 Å². The van der Waals surface area contributed by atoms with E-state index in [-0.39, 0.29) is 36.4 Å². The number of halogens is 2. The van der Waals surface area contributed by atoms with Crippen molar-refractivity contribution in [2.45, 2.75) is 13.0 Å². The third-order valence-electron chi connectivity index (χ3n) is 4.20. The summed E-state index contributed by atoms with van der Waals surface area (Å²) in [7, 11) is 7.23. The molecule has 0 bridgehead atoms. The Morgan fingerprint density at radius 3 is 2.77 bits per heavy atom. The topological polar surface area (TPSA) is 75.0 Å². The first kappa shape index (κ1) is 23.0. The fourth-order valence-corrected chi connectivity index (χ4v) is 2.58. The summed E-state index contributed by atoms with van der Waals surface area (Å²) in [6.07, 6.45) is 2.66. The van der Waals surface area contributed by atoms with Gasteiger partial charge in [-0.25, -0.2) is 9.98 Å². The zero-order chi connectivity index (χ0) is 18.4. The van der Waals surface area contributed by atoms with E-state index in [0.717, 1.165) is 32.0 Å². The van der Waals surface area contributed by atoms with Gasteiger partial charge in [0.1, 0.15) is 17.5 Å². The maximum Gasteiger partial charge on any atom is 0.243 e. The average molecular weight is 499 g/mol. The molecule has 2 rings (SSSR count). The molecule has 1 atom stereocenters. The first-order chi connectivity index (χ1) is 11.9. The minimum absolute atomic E-state index is 0. The molecule has 26 heavy (non-hydrogen) atoms. The summed E-state index contributed by atoms with van der Waals surface area (Å²) < 4.78 is 7.24. The Morgan fingerprint density at radius 1 is 1.50 bits per heavy atom. The molecule has 1 aromatic rings. The number of ether oxygens (including phenoxy) is 1. The molecule has 10 heteroatoms. The Kier molecular flexibility index (Phi) is 9.66. The molecule has 1 amide bonds. The van der Waals surface area contributed by atoms with E-state index in [1.165, 1.54) is 4.90 Å². The van der Waals surface area contributed by atoms with Crippen molar-refractivity contribution in [2.24, 2.45) is 18.0 Å². The van der Waals surface area contributed by atoms with Gasteiger partial charge in [-0.05, 0) is 6.42 Å². The Bertz CT molecular complexity index is 616. The van der Waals surface area contributed by atoms with Crippen molar-refractivity contribution in [1.29, 1.82) is 0 Å². The fraction of sp³-hybridized carbons (Fsp3) is 0.688. The van der Waals surface area contributed by atoms with Crippen LogP contribution in [0.3, 0.4) is 0 Å². The van der Waals surface area contributed by atoms with E-state index >= 15 is 0 Å². The minimum Gasteiger partial charge on any atom is -0.381 e. The van der Waals surface area contributed by atoms with Gasteiger partial charge in [-0.15, -0.1) is 24.0 Å². The van der Waals surface area contributed by atoms with E-state index in [9.17, 15) is 4.79 Å². The molecule has 0 aromatic carbocycles. The number of hydrogen-bond donors (Lipinski definition) is 1. The number of hydrogen-bond acceptors (Lipinski definition) is 4. The Hall–Kier alpha value is -1.07. The number of carbonyl (C=O) groups is 1. The van der Waals surface area contributed by atoms with Crippen LogP contribution in [-0.4, -0.2) is 78.7 Å². The number of aliphatic imine (C=N–C) groups is 1. The largest absolute Gasteiger partial charge is 0.381 e. The Labute approximate surface area is 176 Å². The standard InChI is InChI=1S/C16H27ClN6O2.HI/c1-21(2)15(24)9-20-16(19-7-12-5-6-25-11-12)22(3)10-14-18-8-13(17)23(14)4;/h8,12H,5-7,9-11H2,1-4H3,(H,19,20);1H. The van der Waals surface area contributed by atoms with Gasteiger partial charge in [0.25, 0.3) is 0 Å². The molecular formula is C16H28ClIN6O2. The van der Waals surface area contributed by atoms with E-state index < -0.39 is 0 Å². The van der Waals surface area contributed by atoms with E-state index in [1.54, 1.807) is 20.3 Å². The van der Waals surface area contributed by atoms with Gasteiger partial charge in [0.15, 0.2) is 5.96 Å². The second kappa shape index (κ2) is 10.9. The summed E-state index contributed by atoms with van der Waals surface area (Å²) in [5.41, 5.74) is 0. The highest BCUT2D eigenvalue weighted by Gasteiger charge is 2.18. The van der Waals surface area contributed by atoms with Gasteiger partial charge in [-0.2, -0.15) is 0 Å². The monoisotopic (exact) mass is 498 g/mol. The molecule has 1 unspecified atom stereocenters. The number of guanidine groups is 1. The molecule has 0 spiro atoms. The van der Waals surface area contributed by atoms with Crippen LogP contribution < -0.4 is 5.32 Å². The van der Waals surface area contributed by atoms with Crippen LogP contribution in [0.2, 0.25) is 5.15 Å². The van der Waals surface area contributed by atoms with E-state index in [1.807, 2.05) is 23.6 Å². The second-order valence-corrected chi connectivity index (χ2v) is 6.84. The van der Waals surface area contributed by atoms with Gasteiger partial charge in [0.05, 0.1) is 19.3 Å². The van der Waals surface area contributed by atoms with Crippen molar-refractivity contribution in [3.8, 4) is 0 Å². The van der Waals surface area contributed by atoms with Crippen LogP contribution >= 0.6 is 35.6 Å². The highest BCUT2D eigenvalue weighted by atomic mass is 127. The van der Waals surface area contributed by atoms with Crippen LogP contribution in [-0.2, 0) is 23.1 Å². The van der Waals surface area contributed by atoms with Crippen molar-refractivity contribution in [1.82, 2.24) is 24.7 Å². The fourth-order valence-electron chi connectivity index (χ4n) is 2.43. The number of amides is 1. The summed E-state index contributed by atoms with van der Waals surface area (Å²) in [6, 6.07) is 0. The molecule has 0 aliphatic carbocycles. The molecule has 0 saturated carbocycles. The van der Waals surface area contributed by atoms with Crippen molar-refractivity contribution < 1.29 is 9.53 Å². The molecule has 8 nitrogen and oxygen atoms in total. The summed E-state index contributed by atoms with van der Waals surface area (Å²) in [6.45, 7) is 2.96. The van der Waals surface area contributed by atoms with Gasteiger partial charge in [-0.1, -0.05) is 11.6 Å². The minimum atomic E-state index is -0.0445. The molecule has 1 aliphatic heterocycles. The molecular weight excluding hydrogens is 471 g/mol. The van der Waals surface area contributed by atoms with E-state index in [2.05, 4.69) is 15.3 Å². The first-order valence-corrected chi connectivity index (χ1v) is 8.69. The molecule has 148 valence electrons. The van der Waals surface area contributed by atoms with E-state index in [4.69, 9.17) is 16.3 Å². The van der Waals surface area contributed by atoms with Crippen LogP contribution in [0.5, 0.6) is 0 Å². The highest BCUT2D eigenvalue weighted by Crippen LogP contribution is 2.12. The molecule has 2 heterocycles. The number of imidazole rings is 1. The second-order valence-electron chi connectivity index (χ2n) is 6.45. The molecule has 1 N–H and O–H groups in total. The van der Waals surface area contributed by atoms with Crippen LogP contribution in [0.4, 0.5) is 0 Å². The molecule has 1 fully saturated rings. The molecule has 0 radical (unpaired) electrons. The lowest BCUT2D eigenvalue weighted by Gasteiger charge is -2.23. The van der Waals surface area contributed by atoms with Gasteiger partial charge < -0.3 is 24.4 Å². The Balaban J connectivity index is 0.00000338. The normalized spacial score (nSPS) is 17.0.